The molecule has 25 heavy (non-hydrogen) atoms. The van der Waals surface area contributed by atoms with E-state index in [1.165, 1.54) is 11.1 Å². The van der Waals surface area contributed by atoms with Gasteiger partial charge in [0.1, 0.15) is 0 Å². The molecule has 0 atom stereocenters. The quantitative estimate of drug-likeness (QED) is 0.284. The van der Waals surface area contributed by atoms with Crippen LogP contribution in [0.4, 0.5) is 0 Å². The zero-order valence-corrected chi connectivity index (χ0v) is 17.9. The van der Waals surface area contributed by atoms with Gasteiger partial charge in [0.05, 0.1) is 5.75 Å². The van der Waals surface area contributed by atoms with Crippen LogP contribution in [0.15, 0.2) is 41.4 Å². The van der Waals surface area contributed by atoms with Gasteiger partial charge in [0.2, 0.25) is 10.0 Å². The fraction of sp³-hybridized carbons (Fsp3) is 0.471. The number of hydrogen-bond donors (Lipinski definition) is 2. The van der Waals surface area contributed by atoms with E-state index in [0.29, 0.717) is 13.1 Å². The number of hydrogen-bond acceptors (Lipinski definition) is 3. The van der Waals surface area contributed by atoms with E-state index in [0.717, 1.165) is 25.5 Å². The lowest BCUT2D eigenvalue weighted by molar-refractivity contribution is 0.440. The van der Waals surface area contributed by atoms with Crippen LogP contribution in [-0.4, -0.2) is 58.3 Å². The van der Waals surface area contributed by atoms with E-state index in [9.17, 15) is 8.42 Å². The summed E-state index contributed by atoms with van der Waals surface area (Å²) in [7, 11) is -1.39. The number of sulfonamides is 1. The van der Waals surface area contributed by atoms with Crippen LogP contribution in [0.1, 0.15) is 18.9 Å². The number of halogens is 1. The molecule has 1 aliphatic rings. The molecule has 2 N–H and O–H groups in total. The molecule has 1 aliphatic heterocycles. The molecule has 0 bridgehead atoms. The van der Waals surface area contributed by atoms with E-state index in [1.54, 1.807) is 14.0 Å². The van der Waals surface area contributed by atoms with E-state index in [4.69, 9.17) is 0 Å². The maximum Gasteiger partial charge on any atom is 0.211 e. The molecule has 0 amide bonds. The van der Waals surface area contributed by atoms with Gasteiger partial charge in [0.25, 0.3) is 0 Å². The van der Waals surface area contributed by atoms with Crippen LogP contribution in [0, 0.1) is 0 Å². The van der Waals surface area contributed by atoms with Gasteiger partial charge in [-0.3, -0.25) is 4.99 Å². The average Bonchev–Trinajstić information content (AvgIpc) is 2.63. The molecule has 1 aromatic rings. The molecule has 0 fully saturated rings. The minimum absolute atomic E-state index is 0. The van der Waals surface area contributed by atoms with Gasteiger partial charge in [0, 0.05) is 33.2 Å². The molecule has 0 saturated heterocycles. The lowest BCUT2D eigenvalue weighted by atomic mass is 10.00. The summed E-state index contributed by atoms with van der Waals surface area (Å²) in [6.45, 7) is 4.18. The third-order valence-corrected chi connectivity index (χ3v) is 5.38. The third kappa shape index (κ3) is 6.95. The molecule has 0 aromatic heterocycles. The Kier molecular flexibility index (Phi) is 9.44. The summed E-state index contributed by atoms with van der Waals surface area (Å²) in [5.41, 5.74) is 2.63. The van der Waals surface area contributed by atoms with Crippen molar-refractivity contribution in [2.24, 2.45) is 4.99 Å². The van der Waals surface area contributed by atoms with Crippen LogP contribution in [0.3, 0.4) is 0 Å². The van der Waals surface area contributed by atoms with Crippen molar-refractivity contribution in [3.05, 3.63) is 42.0 Å². The Bertz CT molecular complexity index is 690. The van der Waals surface area contributed by atoms with E-state index in [1.807, 2.05) is 6.07 Å². The van der Waals surface area contributed by atoms with Crippen molar-refractivity contribution >= 4 is 45.5 Å². The number of aliphatic imine (C=N–C) groups is 1. The standard InChI is InChI=1S/C17H26N4O2S.HI/c1-3-24(22,23)20-12-11-19-17(18-2)21-13-9-16(10-14-21)15-7-5-4-6-8-15;/h4-9,20H,3,10-14H2,1-2H3,(H,18,19);1H. The first-order valence-electron chi connectivity index (χ1n) is 8.23. The first kappa shape index (κ1) is 21.9. The van der Waals surface area contributed by atoms with E-state index >= 15 is 0 Å². The zero-order valence-electron chi connectivity index (χ0n) is 14.7. The second-order valence-electron chi connectivity index (χ2n) is 5.56. The normalized spacial score (nSPS) is 15.4. The monoisotopic (exact) mass is 478 g/mol. The number of rotatable bonds is 6. The highest BCUT2D eigenvalue weighted by atomic mass is 127. The lowest BCUT2D eigenvalue weighted by Crippen LogP contribution is -2.45. The molecule has 0 radical (unpaired) electrons. The van der Waals surface area contributed by atoms with Crippen LogP contribution in [0.5, 0.6) is 0 Å². The molecule has 0 aliphatic carbocycles. The van der Waals surface area contributed by atoms with Crippen LogP contribution >= 0.6 is 24.0 Å². The van der Waals surface area contributed by atoms with Gasteiger partial charge < -0.3 is 10.2 Å². The van der Waals surface area contributed by atoms with Gasteiger partial charge in [0.15, 0.2) is 5.96 Å². The minimum Gasteiger partial charge on any atom is -0.355 e. The summed E-state index contributed by atoms with van der Waals surface area (Å²) in [6.07, 6.45) is 3.19. The zero-order chi connectivity index (χ0) is 17.4. The minimum atomic E-state index is -3.14. The molecule has 6 nitrogen and oxygen atoms in total. The summed E-state index contributed by atoms with van der Waals surface area (Å²) in [5.74, 6) is 0.898. The topological polar surface area (TPSA) is 73.8 Å². The molecular formula is C17H27IN4O2S. The van der Waals surface area contributed by atoms with Crippen molar-refractivity contribution in [3.63, 3.8) is 0 Å². The van der Waals surface area contributed by atoms with Gasteiger partial charge in [-0.2, -0.15) is 0 Å². The lowest BCUT2D eigenvalue weighted by Gasteiger charge is -2.29. The van der Waals surface area contributed by atoms with Crippen LogP contribution in [0.25, 0.3) is 5.57 Å². The van der Waals surface area contributed by atoms with Crippen molar-refractivity contribution in [1.29, 1.82) is 0 Å². The van der Waals surface area contributed by atoms with Crippen LogP contribution in [0.2, 0.25) is 0 Å². The Morgan fingerprint density at radius 1 is 1.24 bits per heavy atom. The second-order valence-corrected chi connectivity index (χ2v) is 7.66. The molecule has 140 valence electrons. The van der Waals surface area contributed by atoms with E-state index in [2.05, 4.69) is 50.3 Å². The predicted molar refractivity (Wildman–Crippen MR) is 115 cm³/mol. The highest BCUT2D eigenvalue weighted by Crippen LogP contribution is 2.21. The Morgan fingerprint density at radius 2 is 1.96 bits per heavy atom. The van der Waals surface area contributed by atoms with Crippen LogP contribution < -0.4 is 10.0 Å². The first-order chi connectivity index (χ1) is 11.6. The van der Waals surface area contributed by atoms with Crippen molar-refractivity contribution in [2.75, 3.05) is 39.0 Å². The van der Waals surface area contributed by atoms with Gasteiger partial charge in [-0.1, -0.05) is 36.4 Å². The van der Waals surface area contributed by atoms with Crippen molar-refractivity contribution < 1.29 is 8.42 Å². The number of benzene rings is 1. The molecule has 0 unspecified atom stereocenters. The molecular weight excluding hydrogens is 451 g/mol. The Hall–Kier alpha value is -1.13. The van der Waals surface area contributed by atoms with E-state index in [-0.39, 0.29) is 29.7 Å². The fourth-order valence-electron chi connectivity index (χ4n) is 2.59. The largest absolute Gasteiger partial charge is 0.355 e. The number of nitrogens with zero attached hydrogens (tertiary/aromatic N) is 2. The molecule has 1 heterocycles. The highest BCUT2D eigenvalue weighted by molar-refractivity contribution is 14.0. The predicted octanol–water partition coefficient (Wildman–Crippen LogP) is 1.91. The van der Waals surface area contributed by atoms with Crippen LogP contribution in [-0.2, 0) is 10.0 Å². The smallest absolute Gasteiger partial charge is 0.211 e. The van der Waals surface area contributed by atoms with Gasteiger partial charge in [-0.15, -0.1) is 24.0 Å². The molecule has 8 heteroatoms. The average molecular weight is 478 g/mol. The SMILES string of the molecule is CCS(=O)(=O)NCCNC(=NC)N1CC=C(c2ccccc2)CC1.I. The van der Waals surface area contributed by atoms with Crippen molar-refractivity contribution in [2.45, 2.75) is 13.3 Å². The molecule has 2 rings (SSSR count). The van der Waals surface area contributed by atoms with Gasteiger partial charge in [-0.25, -0.2) is 13.1 Å². The van der Waals surface area contributed by atoms with Gasteiger partial charge >= 0.3 is 0 Å². The van der Waals surface area contributed by atoms with Crippen molar-refractivity contribution in [3.8, 4) is 0 Å². The van der Waals surface area contributed by atoms with E-state index < -0.39 is 10.0 Å². The molecule has 1 aromatic carbocycles. The second kappa shape index (κ2) is 10.8. The maximum atomic E-state index is 11.4. The summed E-state index contributed by atoms with van der Waals surface area (Å²) in [4.78, 5) is 6.46. The summed E-state index contributed by atoms with van der Waals surface area (Å²) < 4.78 is 25.3. The summed E-state index contributed by atoms with van der Waals surface area (Å²) >= 11 is 0. The molecule has 0 spiro atoms. The fourth-order valence-corrected chi connectivity index (χ4v) is 3.21. The molecule has 0 saturated carbocycles. The first-order valence-corrected chi connectivity index (χ1v) is 9.88. The summed E-state index contributed by atoms with van der Waals surface area (Å²) in [5, 5.41) is 3.21. The maximum absolute atomic E-state index is 11.4. The highest BCUT2D eigenvalue weighted by Gasteiger charge is 2.16. The Morgan fingerprint density at radius 3 is 2.52 bits per heavy atom. The van der Waals surface area contributed by atoms with Crippen molar-refractivity contribution in [1.82, 2.24) is 14.9 Å². The number of guanidine groups is 1. The Balaban J connectivity index is 0.00000312. The van der Waals surface area contributed by atoms with Gasteiger partial charge in [-0.05, 0) is 24.5 Å². The summed E-state index contributed by atoms with van der Waals surface area (Å²) in [6, 6.07) is 10.4. The Labute approximate surface area is 167 Å². The third-order valence-electron chi connectivity index (χ3n) is 3.98. The number of nitrogens with one attached hydrogen (secondary N) is 2.